The van der Waals surface area contributed by atoms with Crippen molar-refractivity contribution in [2.45, 2.75) is 46.8 Å². The molecule has 1 aromatic carbocycles. The van der Waals surface area contributed by atoms with Gasteiger partial charge in [-0.15, -0.1) is 0 Å². The lowest BCUT2D eigenvalue weighted by Gasteiger charge is -2.09. The Morgan fingerprint density at radius 3 is 2.67 bits per heavy atom. The third kappa shape index (κ3) is 3.50. The van der Waals surface area contributed by atoms with Crippen LogP contribution >= 0.6 is 0 Å². The molecule has 0 aliphatic heterocycles. The van der Waals surface area contributed by atoms with Gasteiger partial charge in [-0.05, 0) is 25.5 Å². The zero-order chi connectivity index (χ0) is 15.4. The van der Waals surface area contributed by atoms with Gasteiger partial charge in [-0.1, -0.05) is 32.0 Å². The minimum atomic E-state index is 0.450. The van der Waals surface area contributed by atoms with Crippen molar-refractivity contribution in [1.29, 1.82) is 5.26 Å². The molecule has 0 radical (unpaired) electrons. The quantitative estimate of drug-likeness (QED) is 0.917. The van der Waals surface area contributed by atoms with Gasteiger partial charge in [0.2, 0.25) is 0 Å². The average molecular weight is 282 g/mol. The molecule has 0 spiro atoms. The van der Waals surface area contributed by atoms with E-state index in [-0.39, 0.29) is 0 Å². The number of aromatic nitrogens is 2. The van der Waals surface area contributed by atoms with Crippen LogP contribution in [-0.4, -0.2) is 15.8 Å². The Morgan fingerprint density at radius 2 is 2.00 bits per heavy atom. The molecule has 0 atom stereocenters. The number of aryl methyl sites for hydroxylation is 1. The lowest BCUT2D eigenvalue weighted by molar-refractivity contribution is 0.584. The lowest BCUT2D eigenvalue weighted by atomic mass is 10.1. The fraction of sp³-hybridized carbons (Fsp3) is 0.412. The summed E-state index contributed by atoms with van der Waals surface area (Å²) in [6.45, 7) is 9.87. The molecule has 0 bridgehead atoms. The van der Waals surface area contributed by atoms with E-state index in [2.05, 4.69) is 37.3 Å². The van der Waals surface area contributed by atoms with Crippen molar-refractivity contribution in [3.8, 4) is 6.07 Å². The predicted molar refractivity (Wildman–Crippen MR) is 83.9 cm³/mol. The van der Waals surface area contributed by atoms with Crippen molar-refractivity contribution in [3.63, 3.8) is 0 Å². The van der Waals surface area contributed by atoms with E-state index < -0.39 is 0 Å². The molecule has 4 heteroatoms. The highest BCUT2D eigenvalue weighted by Crippen LogP contribution is 2.16. The summed E-state index contributed by atoms with van der Waals surface area (Å²) in [5.74, 6) is 0. The first-order valence-corrected chi connectivity index (χ1v) is 7.27. The molecular formula is C17H22N4. The van der Waals surface area contributed by atoms with Crippen molar-refractivity contribution in [2.24, 2.45) is 0 Å². The fourth-order valence-electron chi connectivity index (χ4n) is 2.38. The van der Waals surface area contributed by atoms with E-state index in [1.54, 1.807) is 0 Å². The number of nitrogens with zero attached hydrogens (tertiary/aromatic N) is 3. The highest BCUT2D eigenvalue weighted by Gasteiger charge is 2.13. The van der Waals surface area contributed by atoms with Crippen LogP contribution < -0.4 is 5.32 Å². The zero-order valence-electron chi connectivity index (χ0n) is 13.1. The molecule has 2 aromatic rings. The maximum absolute atomic E-state index is 9.18. The highest BCUT2D eigenvalue weighted by atomic mass is 15.3. The second-order valence-corrected chi connectivity index (χ2v) is 5.61. The van der Waals surface area contributed by atoms with Gasteiger partial charge in [0.05, 0.1) is 23.9 Å². The highest BCUT2D eigenvalue weighted by molar-refractivity contribution is 5.38. The van der Waals surface area contributed by atoms with Gasteiger partial charge in [0, 0.05) is 23.8 Å². The maximum Gasteiger partial charge on any atom is 0.0995 e. The van der Waals surface area contributed by atoms with Gasteiger partial charge in [-0.3, -0.25) is 4.68 Å². The summed E-state index contributed by atoms with van der Waals surface area (Å²) in [7, 11) is 0. The van der Waals surface area contributed by atoms with E-state index in [4.69, 9.17) is 0 Å². The molecule has 1 N–H and O–H groups in total. The van der Waals surface area contributed by atoms with Crippen LogP contribution in [0.4, 0.5) is 0 Å². The van der Waals surface area contributed by atoms with Gasteiger partial charge in [0.25, 0.3) is 0 Å². The Bertz CT molecular complexity index is 662. The standard InChI is InChI=1S/C17H22N4/c1-12(2)19-10-17-13(3)20-21(14(17)4)11-16-8-6-5-7-15(16)9-18/h5-8,12,19H,10-11H2,1-4H3. The Labute approximate surface area is 126 Å². The number of nitrogens with one attached hydrogen (secondary N) is 1. The van der Waals surface area contributed by atoms with Crippen LogP contribution in [0.2, 0.25) is 0 Å². The first-order chi connectivity index (χ1) is 10.0. The largest absolute Gasteiger partial charge is 0.310 e. The molecule has 110 valence electrons. The summed E-state index contributed by atoms with van der Waals surface area (Å²) >= 11 is 0. The molecule has 0 saturated heterocycles. The molecule has 1 heterocycles. The van der Waals surface area contributed by atoms with Gasteiger partial charge >= 0.3 is 0 Å². The summed E-state index contributed by atoms with van der Waals surface area (Å²) in [6, 6.07) is 10.4. The molecule has 0 amide bonds. The van der Waals surface area contributed by atoms with Gasteiger partial charge in [0.1, 0.15) is 0 Å². The molecule has 21 heavy (non-hydrogen) atoms. The van der Waals surface area contributed by atoms with Crippen LogP contribution in [0.5, 0.6) is 0 Å². The summed E-state index contributed by atoms with van der Waals surface area (Å²) < 4.78 is 1.99. The topological polar surface area (TPSA) is 53.6 Å². The number of nitriles is 1. The number of hydrogen-bond acceptors (Lipinski definition) is 3. The van der Waals surface area contributed by atoms with Crippen molar-refractivity contribution in [1.82, 2.24) is 15.1 Å². The van der Waals surface area contributed by atoms with E-state index in [0.29, 0.717) is 18.2 Å². The molecule has 1 aromatic heterocycles. The van der Waals surface area contributed by atoms with Crippen molar-refractivity contribution in [2.75, 3.05) is 0 Å². The van der Waals surface area contributed by atoms with E-state index in [1.807, 2.05) is 35.9 Å². The summed E-state index contributed by atoms with van der Waals surface area (Å²) in [6.07, 6.45) is 0. The Kier molecular flexibility index (Phi) is 4.77. The van der Waals surface area contributed by atoms with Crippen molar-refractivity contribution >= 4 is 0 Å². The van der Waals surface area contributed by atoms with Crippen molar-refractivity contribution in [3.05, 3.63) is 52.3 Å². The van der Waals surface area contributed by atoms with E-state index >= 15 is 0 Å². The first kappa shape index (κ1) is 15.3. The maximum atomic E-state index is 9.18. The molecule has 2 rings (SSSR count). The lowest BCUT2D eigenvalue weighted by Crippen LogP contribution is -2.22. The van der Waals surface area contributed by atoms with Crippen LogP contribution in [0.25, 0.3) is 0 Å². The number of rotatable bonds is 5. The monoisotopic (exact) mass is 282 g/mol. The summed E-state index contributed by atoms with van der Waals surface area (Å²) in [4.78, 5) is 0. The van der Waals surface area contributed by atoms with Crippen molar-refractivity contribution < 1.29 is 0 Å². The smallest absolute Gasteiger partial charge is 0.0995 e. The molecular weight excluding hydrogens is 260 g/mol. The minimum absolute atomic E-state index is 0.450. The Hall–Kier alpha value is -2.12. The predicted octanol–water partition coefficient (Wildman–Crippen LogP) is 2.92. The second kappa shape index (κ2) is 6.55. The molecule has 0 saturated carbocycles. The third-order valence-electron chi connectivity index (χ3n) is 3.68. The van der Waals surface area contributed by atoms with Crippen LogP contribution in [0.3, 0.4) is 0 Å². The minimum Gasteiger partial charge on any atom is -0.310 e. The van der Waals surface area contributed by atoms with Crippen LogP contribution in [0.15, 0.2) is 24.3 Å². The normalized spacial score (nSPS) is 10.9. The zero-order valence-corrected chi connectivity index (χ0v) is 13.1. The molecule has 4 nitrogen and oxygen atoms in total. The van der Waals surface area contributed by atoms with Crippen LogP contribution in [0, 0.1) is 25.2 Å². The third-order valence-corrected chi connectivity index (χ3v) is 3.68. The van der Waals surface area contributed by atoms with Gasteiger partial charge < -0.3 is 5.32 Å². The van der Waals surface area contributed by atoms with Gasteiger partial charge in [0.15, 0.2) is 0 Å². The van der Waals surface area contributed by atoms with Crippen LogP contribution in [-0.2, 0) is 13.1 Å². The summed E-state index contributed by atoms with van der Waals surface area (Å²) in [5.41, 5.74) is 5.18. The Morgan fingerprint density at radius 1 is 1.29 bits per heavy atom. The summed E-state index contributed by atoms with van der Waals surface area (Å²) in [5, 5.41) is 17.2. The molecule has 0 fully saturated rings. The fourth-order valence-corrected chi connectivity index (χ4v) is 2.38. The first-order valence-electron chi connectivity index (χ1n) is 7.27. The Balaban J connectivity index is 2.26. The van der Waals surface area contributed by atoms with E-state index in [0.717, 1.165) is 23.5 Å². The molecule has 0 aliphatic rings. The number of hydrogen-bond donors (Lipinski definition) is 1. The van der Waals surface area contributed by atoms with Gasteiger partial charge in [-0.2, -0.15) is 10.4 Å². The molecule has 0 unspecified atom stereocenters. The van der Waals surface area contributed by atoms with Gasteiger partial charge in [-0.25, -0.2) is 0 Å². The van der Waals surface area contributed by atoms with E-state index in [9.17, 15) is 5.26 Å². The average Bonchev–Trinajstić information content (AvgIpc) is 2.72. The van der Waals surface area contributed by atoms with E-state index in [1.165, 1.54) is 5.56 Å². The molecule has 0 aliphatic carbocycles. The SMILES string of the molecule is Cc1nn(Cc2ccccc2C#N)c(C)c1CNC(C)C. The van der Waals surface area contributed by atoms with Crippen LogP contribution in [0.1, 0.15) is 41.9 Å². The second-order valence-electron chi connectivity index (χ2n) is 5.61. The number of benzene rings is 1.